The number of piperidine rings is 1. The van der Waals surface area contributed by atoms with Crippen molar-refractivity contribution < 1.29 is 19.5 Å². The summed E-state index contributed by atoms with van der Waals surface area (Å²) in [6, 6.07) is 0. The maximum absolute atomic E-state index is 12.3. The molecule has 0 radical (unpaired) electrons. The van der Waals surface area contributed by atoms with E-state index in [1.807, 2.05) is 0 Å². The normalized spacial score (nSPS) is 23.8. The molecular formula is C14H17NO4. The van der Waals surface area contributed by atoms with E-state index in [-0.39, 0.29) is 23.2 Å². The lowest BCUT2D eigenvalue weighted by Crippen LogP contribution is -2.41. The van der Waals surface area contributed by atoms with Gasteiger partial charge < -0.3 is 10.0 Å². The van der Waals surface area contributed by atoms with E-state index in [9.17, 15) is 14.4 Å². The molecule has 0 bridgehead atoms. The number of aliphatic carboxylic acids is 1. The molecular weight excluding hydrogens is 246 g/mol. The van der Waals surface area contributed by atoms with Crippen molar-refractivity contribution in [1.29, 1.82) is 0 Å². The molecule has 1 aliphatic heterocycles. The number of amides is 1. The van der Waals surface area contributed by atoms with Crippen molar-refractivity contribution in [3.8, 4) is 0 Å². The van der Waals surface area contributed by atoms with Gasteiger partial charge in [0.05, 0.1) is 5.57 Å². The number of carbonyl (C=O) groups is 3. The number of ketones is 1. The third-order valence-electron chi connectivity index (χ3n) is 3.57. The van der Waals surface area contributed by atoms with Gasteiger partial charge in [-0.1, -0.05) is 18.2 Å². The standard InChI is InChI=1S/C14H17NO4/c16-12-6-8-15(9-7-12)13(17)10-2-1-3-11(5-4-10)14(18)19/h1,3,5,10H,2,4,6-9H2,(H,18,19). The number of carboxylic acids is 1. The summed E-state index contributed by atoms with van der Waals surface area (Å²) in [6.45, 7) is 0.987. The highest BCUT2D eigenvalue weighted by molar-refractivity contribution is 5.90. The van der Waals surface area contributed by atoms with Crippen molar-refractivity contribution in [3.05, 3.63) is 23.8 Å². The van der Waals surface area contributed by atoms with Gasteiger partial charge in [0.25, 0.3) is 0 Å². The van der Waals surface area contributed by atoms with Crippen molar-refractivity contribution in [2.24, 2.45) is 5.92 Å². The molecule has 1 heterocycles. The van der Waals surface area contributed by atoms with Crippen molar-refractivity contribution in [1.82, 2.24) is 4.90 Å². The van der Waals surface area contributed by atoms with Gasteiger partial charge in [-0.2, -0.15) is 0 Å². The molecule has 2 rings (SSSR count). The van der Waals surface area contributed by atoms with E-state index in [0.717, 1.165) is 0 Å². The second-order valence-corrected chi connectivity index (χ2v) is 4.90. The van der Waals surface area contributed by atoms with Gasteiger partial charge in [0.15, 0.2) is 0 Å². The molecule has 0 saturated carbocycles. The fourth-order valence-electron chi connectivity index (χ4n) is 2.39. The van der Waals surface area contributed by atoms with Gasteiger partial charge in [-0.15, -0.1) is 0 Å². The lowest BCUT2D eigenvalue weighted by atomic mass is 9.98. The van der Waals surface area contributed by atoms with Crippen LogP contribution in [0.15, 0.2) is 23.8 Å². The van der Waals surface area contributed by atoms with Crippen LogP contribution in [-0.4, -0.2) is 40.8 Å². The highest BCUT2D eigenvalue weighted by Gasteiger charge is 2.27. The van der Waals surface area contributed by atoms with Crippen LogP contribution in [0, 0.1) is 5.92 Å². The van der Waals surface area contributed by atoms with E-state index >= 15 is 0 Å². The zero-order chi connectivity index (χ0) is 13.8. The average molecular weight is 263 g/mol. The van der Waals surface area contributed by atoms with Gasteiger partial charge >= 0.3 is 5.97 Å². The molecule has 0 aromatic carbocycles. The Hall–Kier alpha value is -1.91. The highest BCUT2D eigenvalue weighted by atomic mass is 16.4. The highest BCUT2D eigenvalue weighted by Crippen LogP contribution is 2.21. The molecule has 19 heavy (non-hydrogen) atoms. The van der Waals surface area contributed by atoms with Gasteiger partial charge in [0, 0.05) is 31.8 Å². The molecule has 1 fully saturated rings. The summed E-state index contributed by atoms with van der Waals surface area (Å²) < 4.78 is 0. The molecule has 1 saturated heterocycles. The Bertz CT molecular complexity index is 454. The fourth-order valence-corrected chi connectivity index (χ4v) is 2.39. The van der Waals surface area contributed by atoms with Crippen LogP contribution in [0.4, 0.5) is 0 Å². The zero-order valence-electron chi connectivity index (χ0n) is 10.7. The Morgan fingerprint density at radius 2 is 1.89 bits per heavy atom. The molecule has 102 valence electrons. The quantitative estimate of drug-likeness (QED) is 0.811. The summed E-state index contributed by atoms with van der Waals surface area (Å²) in [4.78, 5) is 36.0. The van der Waals surface area contributed by atoms with E-state index in [1.165, 1.54) is 0 Å². The number of likely N-dealkylation sites (tertiary alicyclic amines) is 1. The number of carboxylic acid groups (broad SMARTS) is 1. The molecule has 5 heteroatoms. The summed E-state index contributed by atoms with van der Waals surface area (Å²) in [5, 5.41) is 8.91. The summed E-state index contributed by atoms with van der Waals surface area (Å²) in [6.07, 6.45) is 6.76. The topological polar surface area (TPSA) is 74.7 Å². The van der Waals surface area contributed by atoms with Crippen molar-refractivity contribution in [3.63, 3.8) is 0 Å². The molecule has 5 nitrogen and oxygen atoms in total. The number of hydrogen-bond donors (Lipinski definition) is 1. The van der Waals surface area contributed by atoms with Gasteiger partial charge in [0.2, 0.25) is 5.91 Å². The fraction of sp³-hybridized carbons (Fsp3) is 0.500. The number of rotatable bonds is 2. The Kier molecular flexibility index (Phi) is 4.14. The molecule has 0 spiro atoms. The molecule has 0 aromatic rings. The summed E-state index contributed by atoms with van der Waals surface area (Å²) >= 11 is 0. The van der Waals surface area contributed by atoms with E-state index in [4.69, 9.17) is 5.11 Å². The minimum absolute atomic E-state index is 0.0278. The number of carbonyl (C=O) groups excluding carboxylic acids is 2. The largest absolute Gasteiger partial charge is 0.478 e. The maximum Gasteiger partial charge on any atom is 0.335 e. The molecule has 1 unspecified atom stereocenters. The van der Waals surface area contributed by atoms with E-state index in [1.54, 1.807) is 23.1 Å². The summed E-state index contributed by atoms with van der Waals surface area (Å²) in [5.41, 5.74) is 0.240. The minimum atomic E-state index is -0.965. The first-order valence-corrected chi connectivity index (χ1v) is 6.48. The van der Waals surface area contributed by atoms with Crippen molar-refractivity contribution >= 4 is 17.7 Å². The van der Waals surface area contributed by atoms with Crippen LogP contribution < -0.4 is 0 Å². The van der Waals surface area contributed by atoms with Crippen molar-refractivity contribution in [2.45, 2.75) is 25.7 Å². The van der Waals surface area contributed by atoms with Crippen LogP contribution >= 0.6 is 0 Å². The minimum Gasteiger partial charge on any atom is -0.478 e. The molecule has 1 atom stereocenters. The van der Waals surface area contributed by atoms with Gasteiger partial charge in [0.1, 0.15) is 5.78 Å². The van der Waals surface area contributed by atoms with Crippen molar-refractivity contribution in [2.75, 3.05) is 13.1 Å². The zero-order valence-corrected chi connectivity index (χ0v) is 10.7. The number of allylic oxidation sites excluding steroid dienone is 2. The predicted octanol–water partition coefficient (Wildman–Crippen LogP) is 1.16. The van der Waals surface area contributed by atoms with Crippen LogP contribution in [-0.2, 0) is 14.4 Å². The molecule has 1 amide bonds. The Morgan fingerprint density at radius 1 is 1.21 bits per heavy atom. The van der Waals surface area contributed by atoms with E-state index in [0.29, 0.717) is 38.8 Å². The average Bonchev–Trinajstić information content (AvgIpc) is 2.64. The Balaban J connectivity index is 1.99. The lowest BCUT2D eigenvalue weighted by Gasteiger charge is -2.29. The first-order valence-electron chi connectivity index (χ1n) is 6.48. The Labute approximate surface area is 111 Å². The summed E-state index contributed by atoms with van der Waals surface area (Å²) in [7, 11) is 0. The van der Waals surface area contributed by atoms with Gasteiger partial charge in [-0.3, -0.25) is 9.59 Å². The third kappa shape index (κ3) is 3.30. The smallest absolute Gasteiger partial charge is 0.335 e. The molecule has 0 aromatic heterocycles. The van der Waals surface area contributed by atoms with Gasteiger partial charge in [-0.25, -0.2) is 4.79 Å². The second kappa shape index (κ2) is 5.82. The molecule has 2 aliphatic rings. The van der Waals surface area contributed by atoms with E-state index in [2.05, 4.69) is 0 Å². The molecule has 1 N–H and O–H groups in total. The van der Waals surface area contributed by atoms with Crippen LogP contribution in [0.5, 0.6) is 0 Å². The second-order valence-electron chi connectivity index (χ2n) is 4.90. The lowest BCUT2D eigenvalue weighted by molar-refractivity contribution is -0.138. The molecule has 1 aliphatic carbocycles. The first kappa shape index (κ1) is 13.5. The van der Waals surface area contributed by atoms with Crippen LogP contribution in [0.3, 0.4) is 0 Å². The third-order valence-corrected chi connectivity index (χ3v) is 3.57. The number of hydrogen-bond acceptors (Lipinski definition) is 3. The van der Waals surface area contributed by atoms with Crippen LogP contribution in [0.25, 0.3) is 0 Å². The SMILES string of the molecule is O=C1CCN(C(=O)C2CC=CC(C(=O)O)=CC2)CC1. The van der Waals surface area contributed by atoms with E-state index < -0.39 is 5.97 Å². The monoisotopic (exact) mass is 263 g/mol. The van der Waals surface area contributed by atoms with Crippen LogP contribution in [0.2, 0.25) is 0 Å². The number of Topliss-reactive ketones (excluding diaryl/α,β-unsaturated/α-hetero) is 1. The van der Waals surface area contributed by atoms with Crippen LogP contribution in [0.1, 0.15) is 25.7 Å². The Morgan fingerprint density at radius 3 is 2.53 bits per heavy atom. The first-order chi connectivity index (χ1) is 9.08. The summed E-state index contributed by atoms with van der Waals surface area (Å²) in [5.74, 6) is -0.938. The number of nitrogens with zero attached hydrogens (tertiary/aromatic N) is 1. The van der Waals surface area contributed by atoms with Gasteiger partial charge in [-0.05, 0) is 12.8 Å². The maximum atomic E-state index is 12.3. The predicted molar refractivity (Wildman–Crippen MR) is 68.4 cm³/mol.